The van der Waals surface area contributed by atoms with E-state index >= 15 is 0 Å². The molecule has 0 saturated heterocycles. The lowest BCUT2D eigenvalue weighted by atomic mass is 10.3. The van der Waals surface area contributed by atoms with Gasteiger partial charge in [0.15, 0.2) is 5.16 Å². The van der Waals surface area contributed by atoms with Crippen LogP contribution < -0.4 is 5.32 Å². The van der Waals surface area contributed by atoms with Crippen molar-refractivity contribution in [3.63, 3.8) is 0 Å². The molecule has 1 aromatic carbocycles. The molecule has 2 aromatic rings. The number of halogens is 2. The highest BCUT2D eigenvalue weighted by atomic mass is 35.5. The molecule has 2 N–H and O–H groups in total. The van der Waals surface area contributed by atoms with Crippen LogP contribution in [0.4, 0.5) is 5.69 Å². The van der Waals surface area contributed by atoms with Gasteiger partial charge >= 0.3 is 0 Å². The van der Waals surface area contributed by atoms with Gasteiger partial charge in [-0.2, -0.15) is 0 Å². The third kappa shape index (κ3) is 3.91. The van der Waals surface area contributed by atoms with Crippen LogP contribution in [0, 0.1) is 0 Å². The normalized spacial score (nSPS) is 10.7. The Labute approximate surface area is 136 Å². The van der Waals surface area contributed by atoms with Gasteiger partial charge in [-0.25, -0.2) is 4.98 Å². The average Bonchev–Trinajstić information content (AvgIpc) is 2.81. The van der Waals surface area contributed by atoms with Crippen LogP contribution >= 0.6 is 35.0 Å². The Hall–Kier alpha value is -1.21. The number of carbonyl (C=O) groups excluding carboxylic acids is 1. The highest BCUT2D eigenvalue weighted by Gasteiger charge is 2.12. The zero-order valence-electron chi connectivity index (χ0n) is 11.1. The van der Waals surface area contributed by atoms with E-state index in [2.05, 4.69) is 10.3 Å². The standard InChI is InChI=1S/C13H13Cl2N3O2S/c1-18-8(6-19)5-16-13(18)21-7-11(20)17-12-9(14)3-2-4-10(12)15/h2-5,19H,6-7H2,1H3,(H,17,20). The monoisotopic (exact) mass is 345 g/mol. The van der Waals surface area contributed by atoms with Gasteiger partial charge in [-0.15, -0.1) is 0 Å². The van der Waals surface area contributed by atoms with Crippen molar-refractivity contribution in [2.75, 3.05) is 11.1 Å². The summed E-state index contributed by atoms with van der Waals surface area (Å²) in [6.07, 6.45) is 1.57. The summed E-state index contributed by atoms with van der Waals surface area (Å²) in [4.78, 5) is 16.1. The first-order valence-electron chi connectivity index (χ1n) is 6.01. The van der Waals surface area contributed by atoms with Gasteiger partial charge in [-0.05, 0) is 12.1 Å². The number of thioether (sulfide) groups is 1. The molecule has 2 rings (SSSR count). The van der Waals surface area contributed by atoms with Crippen LogP contribution in [0.5, 0.6) is 0 Å². The molecule has 112 valence electrons. The van der Waals surface area contributed by atoms with E-state index in [-0.39, 0.29) is 18.3 Å². The summed E-state index contributed by atoms with van der Waals surface area (Å²) >= 11 is 13.2. The Kier molecular flexibility index (Phi) is 5.52. The molecule has 0 radical (unpaired) electrons. The number of carbonyl (C=O) groups is 1. The molecular formula is C13H13Cl2N3O2S. The van der Waals surface area contributed by atoms with Gasteiger partial charge in [0.05, 0.1) is 40.0 Å². The number of aliphatic hydroxyl groups excluding tert-OH is 1. The number of benzene rings is 1. The molecule has 0 aliphatic heterocycles. The zero-order chi connectivity index (χ0) is 15.4. The summed E-state index contributed by atoms with van der Waals surface area (Å²) < 4.78 is 1.74. The smallest absolute Gasteiger partial charge is 0.234 e. The second kappa shape index (κ2) is 7.17. The van der Waals surface area contributed by atoms with Crippen LogP contribution in [0.15, 0.2) is 29.6 Å². The van der Waals surface area contributed by atoms with E-state index in [1.807, 2.05) is 0 Å². The molecule has 5 nitrogen and oxygen atoms in total. The maximum absolute atomic E-state index is 11.9. The predicted molar refractivity (Wildman–Crippen MR) is 84.9 cm³/mol. The predicted octanol–water partition coefficient (Wildman–Crippen LogP) is 2.95. The van der Waals surface area contributed by atoms with E-state index < -0.39 is 0 Å². The molecule has 8 heteroatoms. The topological polar surface area (TPSA) is 67.1 Å². The van der Waals surface area contributed by atoms with Gasteiger partial charge in [-0.1, -0.05) is 41.0 Å². The molecular weight excluding hydrogens is 333 g/mol. The second-order valence-electron chi connectivity index (χ2n) is 4.18. The first kappa shape index (κ1) is 16.2. The number of rotatable bonds is 5. The van der Waals surface area contributed by atoms with Crippen LogP contribution in [0.3, 0.4) is 0 Å². The minimum atomic E-state index is -0.233. The molecule has 21 heavy (non-hydrogen) atoms. The number of imidazole rings is 1. The highest BCUT2D eigenvalue weighted by molar-refractivity contribution is 7.99. The average molecular weight is 346 g/mol. The third-order valence-corrected chi connectivity index (χ3v) is 4.44. The van der Waals surface area contributed by atoms with Gasteiger partial charge in [0, 0.05) is 7.05 Å². The third-order valence-electron chi connectivity index (χ3n) is 2.76. The maximum atomic E-state index is 11.9. The molecule has 0 aliphatic carbocycles. The number of anilines is 1. The number of nitrogens with one attached hydrogen (secondary N) is 1. The highest BCUT2D eigenvalue weighted by Crippen LogP contribution is 2.30. The Morgan fingerprint density at radius 2 is 2.10 bits per heavy atom. The van der Waals surface area contributed by atoms with Crippen LogP contribution in [0.2, 0.25) is 10.0 Å². The summed E-state index contributed by atoms with van der Waals surface area (Å²) in [7, 11) is 1.78. The van der Waals surface area contributed by atoms with E-state index in [4.69, 9.17) is 28.3 Å². The molecule has 0 atom stereocenters. The quantitative estimate of drug-likeness (QED) is 0.817. The number of aromatic nitrogens is 2. The molecule has 0 unspecified atom stereocenters. The SMILES string of the molecule is Cn1c(CO)cnc1SCC(=O)Nc1c(Cl)cccc1Cl. The lowest BCUT2D eigenvalue weighted by Gasteiger charge is -2.09. The number of nitrogens with zero attached hydrogens (tertiary/aromatic N) is 2. The fourth-order valence-electron chi connectivity index (χ4n) is 1.63. The van der Waals surface area contributed by atoms with Gasteiger partial charge in [0.1, 0.15) is 0 Å². The lowest BCUT2D eigenvalue weighted by Crippen LogP contribution is -2.15. The number of hydrogen-bond donors (Lipinski definition) is 2. The van der Waals surface area contributed by atoms with Crippen molar-refractivity contribution in [3.05, 3.63) is 40.1 Å². The first-order valence-corrected chi connectivity index (χ1v) is 7.75. The lowest BCUT2D eigenvalue weighted by molar-refractivity contribution is -0.113. The van der Waals surface area contributed by atoms with Crippen molar-refractivity contribution >= 4 is 46.6 Å². The van der Waals surface area contributed by atoms with Crippen molar-refractivity contribution in [2.45, 2.75) is 11.8 Å². The van der Waals surface area contributed by atoms with Crippen LogP contribution in [0.1, 0.15) is 5.69 Å². The summed E-state index contributed by atoms with van der Waals surface area (Å²) in [5.74, 6) is -0.0689. The Balaban J connectivity index is 1.98. The molecule has 0 bridgehead atoms. The van der Waals surface area contributed by atoms with Gasteiger partial charge in [-0.3, -0.25) is 4.79 Å². The first-order chi connectivity index (χ1) is 10.0. The van der Waals surface area contributed by atoms with E-state index in [1.165, 1.54) is 11.8 Å². The van der Waals surface area contributed by atoms with Crippen molar-refractivity contribution in [1.82, 2.24) is 9.55 Å². The van der Waals surface area contributed by atoms with E-state index in [0.717, 1.165) is 0 Å². The second-order valence-corrected chi connectivity index (χ2v) is 5.94. The van der Waals surface area contributed by atoms with E-state index in [1.54, 1.807) is 36.0 Å². The molecule has 1 heterocycles. The number of aliphatic hydroxyl groups is 1. The van der Waals surface area contributed by atoms with E-state index in [0.29, 0.717) is 26.6 Å². The Morgan fingerprint density at radius 3 is 2.67 bits per heavy atom. The zero-order valence-corrected chi connectivity index (χ0v) is 13.5. The largest absolute Gasteiger partial charge is 0.390 e. The van der Waals surface area contributed by atoms with Gasteiger partial charge < -0.3 is 15.0 Å². The molecule has 0 aliphatic rings. The number of para-hydroxylation sites is 1. The summed E-state index contributed by atoms with van der Waals surface area (Å²) in [6.45, 7) is -0.0918. The van der Waals surface area contributed by atoms with Crippen molar-refractivity contribution in [2.24, 2.45) is 7.05 Å². The van der Waals surface area contributed by atoms with Crippen LogP contribution in [-0.2, 0) is 18.4 Å². The molecule has 0 fully saturated rings. The van der Waals surface area contributed by atoms with Crippen molar-refractivity contribution in [3.8, 4) is 0 Å². The summed E-state index contributed by atoms with van der Waals surface area (Å²) in [6, 6.07) is 5.02. The van der Waals surface area contributed by atoms with Crippen LogP contribution in [0.25, 0.3) is 0 Å². The number of amides is 1. The Bertz CT molecular complexity index is 641. The van der Waals surface area contributed by atoms with Crippen molar-refractivity contribution in [1.29, 1.82) is 0 Å². The molecule has 1 aromatic heterocycles. The summed E-state index contributed by atoms with van der Waals surface area (Å²) in [5.41, 5.74) is 1.09. The molecule has 1 amide bonds. The van der Waals surface area contributed by atoms with Gasteiger partial charge in [0.25, 0.3) is 0 Å². The van der Waals surface area contributed by atoms with E-state index in [9.17, 15) is 4.79 Å². The fraction of sp³-hybridized carbons (Fsp3) is 0.231. The summed E-state index contributed by atoms with van der Waals surface area (Å²) in [5, 5.41) is 13.2. The van der Waals surface area contributed by atoms with Gasteiger partial charge in [0.2, 0.25) is 5.91 Å². The maximum Gasteiger partial charge on any atom is 0.234 e. The van der Waals surface area contributed by atoms with Crippen LogP contribution in [-0.4, -0.2) is 26.3 Å². The molecule has 0 saturated carbocycles. The molecule has 0 spiro atoms. The minimum Gasteiger partial charge on any atom is -0.390 e. The fourth-order valence-corrected chi connectivity index (χ4v) is 2.89. The minimum absolute atomic E-state index is 0.0918. The Morgan fingerprint density at radius 1 is 1.43 bits per heavy atom. The van der Waals surface area contributed by atoms with Crippen molar-refractivity contribution < 1.29 is 9.90 Å². The number of hydrogen-bond acceptors (Lipinski definition) is 4.